The summed E-state index contributed by atoms with van der Waals surface area (Å²) in [5, 5.41) is 9.38. The molecule has 1 aliphatic heterocycles. The first-order chi connectivity index (χ1) is 13.3. The second-order valence-corrected chi connectivity index (χ2v) is 7.35. The van der Waals surface area contributed by atoms with Crippen molar-refractivity contribution in [3.05, 3.63) is 35.3 Å². The Morgan fingerprint density at radius 3 is 2.57 bits per heavy atom. The van der Waals surface area contributed by atoms with E-state index in [0.29, 0.717) is 0 Å². The molecule has 0 fully saturated rings. The summed E-state index contributed by atoms with van der Waals surface area (Å²) in [7, 11) is -3.04. The Balaban J connectivity index is 2.01. The van der Waals surface area contributed by atoms with Crippen LogP contribution in [0.1, 0.15) is 33.6 Å². The average Bonchev–Trinajstić information content (AvgIpc) is 3.12. The quantitative estimate of drug-likeness (QED) is 0.682. The number of aromatic carboxylic acids is 1. The second kappa shape index (κ2) is 7.43. The van der Waals surface area contributed by atoms with Gasteiger partial charge in [-0.15, -0.1) is 0 Å². The van der Waals surface area contributed by atoms with Gasteiger partial charge in [-0.05, 0) is 6.07 Å². The van der Waals surface area contributed by atoms with Crippen molar-refractivity contribution in [2.45, 2.75) is 18.2 Å². The van der Waals surface area contributed by atoms with Gasteiger partial charge in [-0.3, -0.25) is 4.72 Å². The number of fused-ring (bicyclic) bond motifs is 1. The number of esters is 1. The Morgan fingerprint density at radius 1 is 1.21 bits per heavy atom. The Morgan fingerprint density at radius 2 is 1.93 bits per heavy atom. The zero-order valence-corrected chi connectivity index (χ0v) is 15.8. The van der Waals surface area contributed by atoms with Crippen molar-refractivity contribution < 1.29 is 41.7 Å². The molecule has 1 aromatic heterocycles. The van der Waals surface area contributed by atoms with E-state index in [1.807, 2.05) is 0 Å². The molecule has 28 heavy (non-hydrogen) atoms. The van der Waals surface area contributed by atoms with E-state index >= 15 is 0 Å². The fraction of sp³-hybridized carbons (Fsp3) is 0.294. The minimum absolute atomic E-state index is 0.0345. The number of furan rings is 1. The molecule has 10 nitrogen and oxygen atoms in total. The molecule has 1 aromatic carbocycles. The number of sulfonamides is 1. The van der Waals surface area contributed by atoms with E-state index in [9.17, 15) is 23.1 Å². The Bertz CT molecular complexity index is 1040. The minimum Gasteiger partial charge on any atom is -0.486 e. The van der Waals surface area contributed by atoms with Crippen molar-refractivity contribution in [1.82, 2.24) is 0 Å². The van der Waals surface area contributed by atoms with E-state index < -0.39 is 22.0 Å². The van der Waals surface area contributed by atoms with Crippen LogP contribution in [-0.4, -0.2) is 45.8 Å². The lowest BCUT2D eigenvalue weighted by Gasteiger charge is -2.21. The van der Waals surface area contributed by atoms with E-state index in [-0.39, 0.29) is 58.8 Å². The molecule has 3 rings (SSSR count). The normalized spacial score (nSPS) is 13.1. The molecule has 150 valence electrons. The van der Waals surface area contributed by atoms with Crippen LogP contribution in [0.25, 0.3) is 0 Å². The number of rotatable bonds is 6. The maximum absolute atomic E-state index is 12.8. The van der Waals surface area contributed by atoms with E-state index in [2.05, 4.69) is 9.46 Å². The maximum Gasteiger partial charge on any atom is 0.373 e. The number of hydrogen-bond donors (Lipinski definition) is 2. The highest BCUT2D eigenvalue weighted by molar-refractivity contribution is 7.92. The molecule has 2 N–H and O–H groups in total. The number of carboxylic acids is 1. The van der Waals surface area contributed by atoms with Crippen LogP contribution in [0.3, 0.4) is 0 Å². The van der Waals surface area contributed by atoms with Gasteiger partial charge >= 0.3 is 11.9 Å². The molecule has 0 radical (unpaired) electrons. The summed E-state index contributed by atoms with van der Waals surface area (Å²) < 4.78 is 48.4. The second-order valence-electron chi connectivity index (χ2n) is 5.70. The molecule has 0 unspecified atom stereocenters. The van der Waals surface area contributed by atoms with Gasteiger partial charge in [0.2, 0.25) is 5.76 Å². The minimum atomic E-state index is -4.19. The van der Waals surface area contributed by atoms with Crippen LogP contribution in [0, 0.1) is 0 Å². The van der Waals surface area contributed by atoms with Crippen LogP contribution in [0.2, 0.25) is 0 Å². The monoisotopic (exact) mass is 411 g/mol. The number of nitrogens with one attached hydrogen (secondary N) is 1. The molecule has 11 heteroatoms. The molecule has 0 saturated heterocycles. The number of benzene rings is 1. The topological polar surface area (TPSA) is 141 Å². The summed E-state index contributed by atoms with van der Waals surface area (Å²) in [4.78, 5) is 22.9. The highest BCUT2D eigenvalue weighted by atomic mass is 32.2. The molecule has 0 spiro atoms. The van der Waals surface area contributed by atoms with E-state index in [1.54, 1.807) is 6.92 Å². The molecule has 0 aliphatic carbocycles. The molecule has 0 saturated carbocycles. The van der Waals surface area contributed by atoms with Crippen LogP contribution in [0.4, 0.5) is 5.69 Å². The Labute approximate surface area is 160 Å². The van der Waals surface area contributed by atoms with E-state index in [0.717, 1.165) is 19.2 Å². The van der Waals surface area contributed by atoms with Gasteiger partial charge in [0.25, 0.3) is 10.0 Å². The SMILES string of the molecule is CCc1oc(C(=O)OC)cc1S(=O)(=O)Nc1cc2c(c(C(=O)O)c1)OCCO2. The Kier molecular flexibility index (Phi) is 5.18. The average molecular weight is 411 g/mol. The van der Waals surface area contributed by atoms with Crippen molar-refractivity contribution >= 4 is 27.6 Å². The molecule has 1 aliphatic rings. The van der Waals surface area contributed by atoms with Crippen molar-refractivity contribution in [2.24, 2.45) is 0 Å². The molecular formula is C17H17NO9S. The maximum atomic E-state index is 12.8. The predicted molar refractivity (Wildman–Crippen MR) is 94.6 cm³/mol. The third-order valence-electron chi connectivity index (χ3n) is 3.89. The third-order valence-corrected chi connectivity index (χ3v) is 5.32. The van der Waals surface area contributed by atoms with Crippen LogP contribution in [0.15, 0.2) is 27.5 Å². The summed E-state index contributed by atoms with van der Waals surface area (Å²) in [5.74, 6) is -2.16. The van der Waals surface area contributed by atoms with Gasteiger partial charge in [0, 0.05) is 18.6 Å². The first kappa shape index (κ1) is 19.5. The highest BCUT2D eigenvalue weighted by Crippen LogP contribution is 2.38. The van der Waals surface area contributed by atoms with Gasteiger partial charge < -0.3 is 23.7 Å². The van der Waals surface area contributed by atoms with Gasteiger partial charge in [-0.25, -0.2) is 18.0 Å². The van der Waals surface area contributed by atoms with Crippen molar-refractivity contribution in [1.29, 1.82) is 0 Å². The molecule has 2 heterocycles. The zero-order valence-electron chi connectivity index (χ0n) is 15.0. The lowest BCUT2D eigenvalue weighted by atomic mass is 10.1. The first-order valence-electron chi connectivity index (χ1n) is 8.17. The van der Waals surface area contributed by atoms with Gasteiger partial charge in [0.15, 0.2) is 11.5 Å². The number of carbonyl (C=O) groups excluding carboxylic acids is 1. The molecule has 2 aromatic rings. The molecule has 0 amide bonds. The summed E-state index contributed by atoms with van der Waals surface area (Å²) in [6.45, 7) is 2.04. The lowest BCUT2D eigenvalue weighted by molar-refractivity contribution is 0.0562. The number of carbonyl (C=O) groups is 2. The lowest BCUT2D eigenvalue weighted by Crippen LogP contribution is -2.19. The number of hydrogen-bond acceptors (Lipinski definition) is 8. The molecule has 0 bridgehead atoms. The van der Waals surface area contributed by atoms with Crippen molar-refractivity contribution in [3.8, 4) is 11.5 Å². The van der Waals surface area contributed by atoms with E-state index in [1.165, 1.54) is 6.07 Å². The summed E-state index contributed by atoms with van der Waals surface area (Å²) in [5.41, 5.74) is -0.280. The molecular weight excluding hydrogens is 394 g/mol. The smallest absolute Gasteiger partial charge is 0.373 e. The standard InChI is InChI=1S/C17H17NO9S/c1-3-11-14(8-13(27-11)17(21)24-2)28(22,23)18-9-6-10(16(19)20)15-12(7-9)25-4-5-26-15/h6-8,18H,3-5H2,1-2H3,(H,19,20). The van der Waals surface area contributed by atoms with Crippen LogP contribution in [-0.2, 0) is 21.2 Å². The van der Waals surface area contributed by atoms with Gasteiger partial charge in [0.05, 0.1) is 12.8 Å². The number of methoxy groups -OCH3 is 1. The third kappa shape index (κ3) is 3.60. The summed E-state index contributed by atoms with van der Waals surface area (Å²) >= 11 is 0. The summed E-state index contributed by atoms with van der Waals surface area (Å²) in [6, 6.07) is 3.51. The number of ether oxygens (including phenoxy) is 3. The first-order valence-corrected chi connectivity index (χ1v) is 9.66. The molecule has 0 atom stereocenters. The van der Waals surface area contributed by atoms with Gasteiger partial charge in [-0.2, -0.15) is 0 Å². The van der Waals surface area contributed by atoms with Crippen LogP contribution in [0.5, 0.6) is 11.5 Å². The van der Waals surface area contributed by atoms with Crippen molar-refractivity contribution in [3.63, 3.8) is 0 Å². The largest absolute Gasteiger partial charge is 0.486 e. The number of anilines is 1. The van der Waals surface area contributed by atoms with Crippen molar-refractivity contribution in [2.75, 3.05) is 25.0 Å². The predicted octanol–water partition coefficient (Wildman–Crippen LogP) is 1.90. The zero-order chi connectivity index (χ0) is 20.5. The fourth-order valence-corrected chi connectivity index (χ4v) is 3.95. The number of aryl methyl sites for hydroxylation is 1. The van der Waals surface area contributed by atoms with E-state index in [4.69, 9.17) is 13.9 Å². The Hall–Kier alpha value is -3.21. The fourth-order valence-electron chi connectivity index (χ4n) is 2.67. The highest BCUT2D eigenvalue weighted by Gasteiger charge is 2.28. The van der Waals surface area contributed by atoms with Gasteiger partial charge in [0.1, 0.15) is 29.4 Å². The van der Waals surface area contributed by atoms with Crippen LogP contribution < -0.4 is 14.2 Å². The van der Waals surface area contributed by atoms with Crippen LogP contribution >= 0.6 is 0 Å². The summed E-state index contributed by atoms with van der Waals surface area (Å²) in [6.07, 6.45) is 0.203. The van der Waals surface area contributed by atoms with Gasteiger partial charge in [-0.1, -0.05) is 6.92 Å². The number of carboxylic acid groups (broad SMARTS) is 1.